The van der Waals surface area contributed by atoms with Gasteiger partial charge in [-0.05, 0) is 36.5 Å². The number of hydrogen-bond donors (Lipinski definition) is 1. The van der Waals surface area contributed by atoms with E-state index in [9.17, 15) is 9.59 Å². The van der Waals surface area contributed by atoms with E-state index in [2.05, 4.69) is 30.7 Å². The summed E-state index contributed by atoms with van der Waals surface area (Å²) in [6.07, 6.45) is 1.76. The number of aryl methyl sites for hydroxylation is 1. The van der Waals surface area contributed by atoms with Crippen LogP contribution in [0.5, 0.6) is 0 Å². The van der Waals surface area contributed by atoms with Crippen LogP contribution in [0.3, 0.4) is 0 Å². The summed E-state index contributed by atoms with van der Waals surface area (Å²) in [6.45, 7) is 10.8. The molecule has 0 bridgehead atoms. The average molecular weight is 370 g/mol. The van der Waals surface area contributed by atoms with Gasteiger partial charge >= 0.3 is 0 Å². The zero-order valence-electron chi connectivity index (χ0n) is 16.8. The molecule has 0 spiro atoms. The van der Waals surface area contributed by atoms with Crippen molar-refractivity contribution in [2.24, 2.45) is 5.41 Å². The number of benzene rings is 1. The third kappa shape index (κ3) is 5.08. The fraction of sp³-hybridized carbons (Fsp3) is 0.571. The first kappa shape index (κ1) is 19.4. The molecule has 1 aromatic carbocycles. The van der Waals surface area contributed by atoms with Crippen LogP contribution in [0.2, 0.25) is 0 Å². The van der Waals surface area contributed by atoms with E-state index >= 15 is 0 Å². The van der Waals surface area contributed by atoms with E-state index in [1.165, 1.54) is 0 Å². The molecule has 1 aliphatic heterocycles. The topological polar surface area (TPSA) is 69.3 Å². The lowest BCUT2D eigenvalue weighted by Crippen LogP contribution is -2.38. The first-order valence-corrected chi connectivity index (χ1v) is 9.72. The minimum atomic E-state index is -0.0113. The minimum Gasteiger partial charge on any atom is -0.342 e. The van der Waals surface area contributed by atoms with E-state index in [-0.39, 0.29) is 17.2 Å². The molecule has 2 amide bonds. The Hall–Kier alpha value is -2.37. The summed E-state index contributed by atoms with van der Waals surface area (Å²) in [7, 11) is 0. The summed E-state index contributed by atoms with van der Waals surface area (Å²) in [5.41, 5.74) is 2.86. The lowest BCUT2D eigenvalue weighted by atomic mass is 9.91. The number of rotatable bonds is 3. The van der Waals surface area contributed by atoms with Crippen molar-refractivity contribution in [1.82, 2.24) is 19.8 Å². The van der Waals surface area contributed by atoms with Crippen LogP contribution in [0.15, 0.2) is 18.2 Å². The first-order valence-electron chi connectivity index (χ1n) is 9.72. The highest BCUT2D eigenvalue weighted by molar-refractivity contribution is 5.82. The van der Waals surface area contributed by atoms with Crippen molar-refractivity contribution in [3.05, 3.63) is 29.6 Å². The van der Waals surface area contributed by atoms with Crippen LogP contribution in [-0.2, 0) is 16.0 Å². The van der Waals surface area contributed by atoms with Gasteiger partial charge in [0.05, 0.1) is 17.5 Å². The highest BCUT2D eigenvalue weighted by atomic mass is 16.2. The molecule has 1 fully saturated rings. The largest absolute Gasteiger partial charge is 0.342 e. The summed E-state index contributed by atoms with van der Waals surface area (Å²) >= 11 is 0. The Kier molecular flexibility index (Phi) is 5.53. The van der Waals surface area contributed by atoms with Gasteiger partial charge in [-0.3, -0.25) is 9.59 Å². The van der Waals surface area contributed by atoms with Gasteiger partial charge < -0.3 is 14.8 Å². The van der Waals surface area contributed by atoms with E-state index in [1.54, 1.807) is 0 Å². The second kappa shape index (κ2) is 7.71. The van der Waals surface area contributed by atoms with Crippen molar-refractivity contribution < 1.29 is 9.59 Å². The molecule has 0 radical (unpaired) electrons. The summed E-state index contributed by atoms with van der Waals surface area (Å²) in [6, 6.07) is 5.93. The molecular weight excluding hydrogens is 340 g/mol. The van der Waals surface area contributed by atoms with Crippen molar-refractivity contribution >= 4 is 22.8 Å². The van der Waals surface area contributed by atoms with Gasteiger partial charge in [-0.1, -0.05) is 26.8 Å². The number of nitrogens with zero attached hydrogens (tertiary/aromatic N) is 3. The Bertz CT molecular complexity index is 834. The molecule has 1 N–H and O–H groups in total. The minimum absolute atomic E-state index is 0.0113. The van der Waals surface area contributed by atoms with Crippen molar-refractivity contribution in [1.29, 1.82) is 0 Å². The van der Waals surface area contributed by atoms with Crippen LogP contribution in [0.25, 0.3) is 11.0 Å². The van der Waals surface area contributed by atoms with Crippen molar-refractivity contribution in [3.8, 4) is 0 Å². The molecule has 1 aliphatic rings. The predicted octanol–water partition coefficient (Wildman–Crippen LogP) is 2.91. The second-order valence-electron chi connectivity index (χ2n) is 8.70. The Morgan fingerprint density at radius 2 is 1.74 bits per heavy atom. The Balaban J connectivity index is 1.59. The van der Waals surface area contributed by atoms with Crippen molar-refractivity contribution in [2.45, 2.75) is 47.0 Å². The van der Waals surface area contributed by atoms with E-state index < -0.39 is 0 Å². The van der Waals surface area contributed by atoms with Crippen LogP contribution in [0.4, 0.5) is 0 Å². The average Bonchev–Trinajstić information content (AvgIpc) is 2.78. The smallest absolute Gasteiger partial charge is 0.227 e. The van der Waals surface area contributed by atoms with Gasteiger partial charge in [-0.2, -0.15) is 0 Å². The molecule has 2 aromatic rings. The standard InChI is InChI=1S/C21H30N4O2/c1-15-22-17-7-6-16(12-18(17)23-15)13-19(26)24-8-5-9-25(11-10-24)20(27)14-21(2,3)4/h6-7,12H,5,8-11,13-14H2,1-4H3,(H,22,23). The van der Waals surface area contributed by atoms with Gasteiger partial charge in [0.25, 0.3) is 0 Å². The normalized spacial score (nSPS) is 15.9. The predicted molar refractivity (Wildman–Crippen MR) is 106 cm³/mol. The molecule has 146 valence electrons. The molecule has 6 nitrogen and oxygen atoms in total. The number of fused-ring (bicyclic) bond motifs is 1. The van der Waals surface area contributed by atoms with Gasteiger partial charge in [0.2, 0.25) is 11.8 Å². The van der Waals surface area contributed by atoms with E-state index in [0.29, 0.717) is 32.5 Å². The lowest BCUT2D eigenvalue weighted by Gasteiger charge is -2.25. The zero-order chi connectivity index (χ0) is 19.6. The quantitative estimate of drug-likeness (QED) is 0.903. The number of hydrogen-bond acceptors (Lipinski definition) is 3. The number of aromatic amines is 1. The summed E-state index contributed by atoms with van der Waals surface area (Å²) in [5.74, 6) is 1.19. The molecular formula is C21H30N4O2. The molecule has 27 heavy (non-hydrogen) atoms. The molecule has 2 heterocycles. The zero-order valence-corrected chi connectivity index (χ0v) is 16.8. The summed E-state index contributed by atoms with van der Waals surface area (Å²) < 4.78 is 0. The first-order chi connectivity index (χ1) is 12.7. The molecule has 1 aromatic heterocycles. The SMILES string of the molecule is Cc1nc2ccc(CC(=O)N3CCCN(C(=O)CC(C)(C)C)CC3)cc2[nH]1. The molecule has 3 rings (SSSR count). The summed E-state index contributed by atoms with van der Waals surface area (Å²) in [5, 5.41) is 0. The van der Waals surface area contributed by atoms with E-state index in [1.807, 2.05) is 34.9 Å². The molecule has 0 saturated carbocycles. The molecule has 1 saturated heterocycles. The fourth-order valence-electron chi connectivity index (χ4n) is 3.56. The number of nitrogens with one attached hydrogen (secondary N) is 1. The fourth-order valence-corrected chi connectivity index (χ4v) is 3.56. The highest BCUT2D eigenvalue weighted by Crippen LogP contribution is 2.21. The molecule has 0 atom stereocenters. The summed E-state index contributed by atoms with van der Waals surface area (Å²) in [4.78, 5) is 36.7. The van der Waals surface area contributed by atoms with Gasteiger partial charge in [0.1, 0.15) is 5.82 Å². The Morgan fingerprint density at radius 1 is 1.07 bits per heavy atom. The van der Waals surface area contributed by atoms with Crippen LogP contribution < -0.4 is 0 Å². The van der Waals surface area contributed by atoms with E-state index in [4.69, 9.17) is 0 Å². The van der Waals surface area contributed by atoms with Gasteiger partial charge in [0, 0.05) is 32.6 Å². The van der Waals surface area contributed by atoms with Crippen LogP contribution >= 0.6 is 0 Å². The Morgan fingerprint density at radius 3 is 2.41 bits per heavy atom. The number of imidazole rings is 1. The van der Waals surface area contributed by atoms with Crippen molar-refractivity contribution in [2.75, 3.05) is 26.2 Å². The van der Waals surface area contributed by atoms with E-state index in [0.717, 1.165) is 35.4 Å². The highest BCUT2D eigenvalue weighted by Gasteiger charge is 2.25. The maximum absolute atomic E-state index is 12.8. The number of carbonyl (C=O) groups is 2. The molecule has 0 aliphatic carbocycles. The Labute approximate surface area is 160 Å². The number of amides is 2. The third-order valence-corrected chi connectivity index (χ3v) is 4.90. The number of carbonyl (C=O) groups excluding carboxylic acids is 2. The van der Waals surface area contributed by atoms with Crippen molar-refractivity contribution in [3.63, 3.8) is 0 Å². The van der Waals surface area contributed by atoms with Gasteiger partial charge in [-0.25, -0.2) is 4.98 Å². The molecule has 6 heteroatoms. The maximum atomic E-state index is 12.8. The van der Waals surface area contributed by atoms with Gasteiger partial charge in [-0.15, -0.1) is 0 Å². The van der Waals surface area contributed by atoms with Gasteiger partial charge in [0.15, 0.2) is 0 Å². The maximum Gasteiger partial charge on any atom is 0.227 e. The van der Waals surface area contributed by atoms with Crippen LogP contribution in [-0.4, -0.2) is 57.8 Å². The molecule has 0 unspecified atom stereocenters. The lowest BCUT2D eigenvalue weighted by molar-refractivity contribution is -0.134. The number of aromatic nitrogens is 2. The second-order valence-corrected chi connectivity index (χ2v) is 8.70. The monoisotopic (exact) mass is 370 g/mol. The van der Waals surface area contributed by atoms with Crippen LogP contribution in [0.1, 0.15) is 45.0 Å². The van der Waals surface area contributed by atoms with Crippen LogP contribution in [0, 0.1) is 12.3 Å². The third-order valence-electron chi connectivity index (χ3n) is 4.90. The number of H-pyrrole nitrogens is 1.